The molecule has 0 aliphatic rings. The van der Waals surface area contributed by atoms with E-state index in [0.29, 0.717) is 0 Å². The Morgan fingerprint density at radius 1 is 1.27 bits per heavy atom. The van der Waals surface area contributed by atoms with E-state index in [1.165, 1.54) is 0 Å². The molecule has 15 heavy (non-hydrogen) atoms. The molecular weight excluding hydrogens is 303 g/mol. The molecule has 0 aliphatic heterocycles. The smallest absolute Gasteiger partial charge is 0.307 e. The van der Waals surface area contributed by atoms with Crippen LogP contribution in [0.15, 0.2) is 36.4 Å². The van der Waals surface area contributed by atoms with Crippen molar-refractivity contribution < 1.29 is 9.90 Å². The summed E-state index contributed by atoms with van der Waals surface area (Å²) in [5.74, 6) is -0.790. The quantitative estimate of drug-likeness (QED) is 0.865. The summed E-state index contributed by atoms with van der Waals surface area (Å²) in [7, 11) is 0. The Morgan fingerprint density at radius 2 is 2.00 bits per heavy atom. The van der Waals surface area contributed by atoms with Crippen molar-refractivity contribution in [2.45, 2.75) is 6.42 Å². The first-order valence-corrected chi connectivity index (χ1v) is 5.63. The molecule has 0 amide bonds. The zero-order valence-corrected chi connectivity index (χ0v) is 10.1. The van der Waals surface area contributed by atoms with E-state index < -0.39 is 5.97 Å². The summed E-state index contributed by atoms with van der Waals surface area (Å²) >= 11 is 2.21. The molecule has 76 valence electrons. The van der Waals surface area contributed by atoms with Crippen LogP contribution in [0.25, 0.3) is 10.8 Å². The normalized spacial score (nSPS) is 10.5. The average Bonchev–Trinajstić information content (AvgIpc) is 2.16. The topological polar surface area (TPSA) is 37.3 Å². The van der Waals surface area contributed by atoms with E-state index in [0.717, 1.165) is 19.9 Å². The molecule has 0 heterocycles. The van der Waals surface area contributed by atoms with Crippen molar-refractivity contribution in [1.29, 1.82) is 0 Å². The lowest BCUT2D eigenvalue weighted by molar-refractivity contribution is -0.136. The maximum atomic E-state index is 10.7. The second-order valence-electron chi connectivity index (χ2n) is 3.36. The van der Waals surface area contributed by atoms with Crippen molar-refractivity contribution in [2.24, 2.45) is 0 Å². The Kier molecular flexibility index (Phi) is 2.90. The van der Waals surface area contributed by atoms with Gasteiger partial charge in [0.25, 0.3) is 0 Å². The van der Waals surface area contributed by atoms with E-state index in [1.54, 1.807) is 0 Å². The molecule has 0 spiro atoms. The lowest BCUT2D eigenvalue weighted by Gasteiger charge is -2.05. The van der Waals surface area contributed by atoms with Crippen LogP contribution in [0.5, 0.6) is 0 Å². The summed E-state index contributed by atoms with van der Waals surface area (Å²) in [5, 5.41) is 10.9. The fraction of sp³-hybridized carbons (Fsp3) is 0.0833. The van der Waals surface area contributed by atoms with E-state index in [1.807, 2.05) is 30.3 Å². The van der Waals surface area contributed by atoms with Gasteiger partial charge in [-0.2, -0.15) is 0 Å². The van der Waals surface area contributed by atoms with Crippen molar-refractivity contribution in [3.05, 3.63) is 45.5 Å². The zero-order valence-electron chi connectivity index (χ0n) is 7.90. The minimum atomic E-state index is -0.790. The number of rotatable bonds is 2. The van der Waals surface area contributed by atoms with E-state index in [-0.39, 0.29) is 6.42 Å². The Bertz CT molecular complexity index is 520. The molecule has 2 nitrogen and oxygen atoms in total. The Balaban J connectivity index is 2.65. The number of hydrogen-bond acceptors (Lipinski definition) is 1. The van der Waals surface area contributed by atoms with Gasteiger partial charge in [-0.05, 0) is 51.1 Å². The number of carbonyl (C=O) groups is 1. The SMILES string of the molecule is O=C(O)Cc1cc(I)cc2ccccc12. The maximum Gasteiger partial charge on any atom is 0.307 e. The molecule has 0 aliphatic carbocycles. The molecule has 2 aromatic carbocycles. The van der Waals surface area contributed by atoms with Crippen molar-refractivity contribution >= 4 is 39.3 Å². The third kappa shape index (κ3) is 2.28. The first-order valence-electron chi connectivity index (χ1n) is 4.56. The number of halogens is 1. The van der Waals surface area contributed by atoms with E-state index in [4.69, 9.17) is 5.11 Å². The van der Waals surface area contributed by atoms with Gasteiger partial charge in [0.05, 0.1) is 6.42 Å². The maximum absolute atomic E-state index is 10.7. The minimum Gasteiger partial charge on any atom is -0.481 e. The Labute approximate surface area is 101 Å². The van der Waals surface area contributed by atoms with Gasteiger partial charge in [-0.15, -0.1) is 0 Å². The molecule has 0 saturated carbocycles. The molecule has 0 bridgehead atoms. The number of aliphatic carboxylic acids is 1. The van der Waals surface area contributed by atoms with Crippen LogP contribution < -0.4 is 0 Å². The highest BCUT2D eigenvalue weighted by Gasteiger charge is 2.06. The second kappa shape index (κ2) is 4.18. The van der Waals surface area contributed by atoms with Crippen LogP contribution >= 0.6 is 22.6 Å². The summed E-state index contributed by atoms with van der Waals surface area (Å²) in [6.07, 6.45) is 0.0807. The highest BCUT2D eigenvalue weighted by Crippen LogP contribution is 2.22. The summed E-state index contributed by atoms with van der Waals surface area (Å²) < 4.78 is 1.07. The van der Waals surface area contributed by atoms with Crippen LogP contribution in [0.2, 0.25) is 0 Å². The van der Waals surface area contributed by atoms with Crippen LogP contribution in [-0.4, -0.2) is 11.1 Å². The molecule has 1 N–H and O–H groups in total. The Hall–Kier alpha value is -1.10. The summed E-state index contributed by atoms with van der Waals surface area (Å²) in [5.41, 5.74) is 0.880. The third-order valence-electron chi connectivity index (χ3n) is 2.25. The van der Waals surface area contributed by atoms with Crippen molar-refractivity contribution in [1.82, 2.24) is 0 Å². The molecular formula is C12H9IO2. The van der Waals surface area contributed by atoms with Crippen LogP contribution in [0.3, 0.4) is 0 Å². The van der Waals surface area contributed by atoms with Gasteiger partial charge in [0.15, 0.2) is 0 Å². The average molecular weight is 312 g/mol. The first-order chi connectivity index (χ1) is 7.16. The van der Waals surface area contributed by atoms with Gasteiger partial charge in [0, 0.05) is 3.57 Å². The van der Waals surface area contributed by atoms with Gasteiger partial charge >= 0.3 is 5.97 Å². The molecule has 2 aromatic rings. The summed E-state index contributed by atoms with van der Waals surface area (Å²) in [4.78, 5) is 10.7. The molecule has 0 aromatic heterocycles. The van der Waals surface area contributed by atoms with Gasteiger partial charge in [0.2, 0.25) is 0 Å². The number of benzene rings is 2. The van der Waals surface area contributed by atoms with E-state index >= 15 is 0 Å². The van der Waals surface area contributed by atoms with Crippen LogP contribution in [0.1, 0.15) is 5.56 Å². The monoisotopic (exact) mass is 312 g/mol. The number of carboxylic acid groups (broad SMARTS) is 1. The van der Waals surface area contributed by atoms with Crippen molar-refractivity contribution in [3.63, 3.8) is 0 Å². The molecule has 3 heteroatoms. The van der Waals surface area contributed by atoms with E-state index in [2.05, 4.69) is 28.7 Å². The fourth-order valence-electron chi connectivity index (χ4n) is 1.66. The molecule has 0 radical (unpaired) electrons. The predicted octanol–water partition coefficient (Wildman–Crippen LogP) is 3.07. The van der Waals surface area contributed by atoms with Crippen molar-refractivity contribution in [3.8, 4) is 0 Å². The number of carboxylic acids is 1. The van der Waals surface area contributed by atoms with Crippen LogP contribution in [-0.2, 0) is 11.2 Å². The Morgan fingerprint density at radius 3 is 2.73 bits per heavy atom. The predicted molar refractivity (Wildman–Crippen MR) is 68.0 cm³/mol. The second-order valence-corrected chi connectivity index (χ2v) is 4.60. The van der Waals surface area contributed by atoms with Crippen LogP contribution in [0, 0.1) is 3.57 Å². The van der Waals surface area contributed by atoms with Gasteiger partial charge < -0.3 is 5.11 Å². The summed E-state index contributed by atoms with van der Waals surface area (Å²) in [6, 6.07) is 11.8. The first kappa shape index (κ1) is 10.4. The summed E-state index contributed by atoms with van der Waals surface area (Å²) in [6.45, 7) is 0. The highest BCUT2D eigenvalue weighted by atomic mass is 127. The molecule has 0 unspecified atom stereocenters. The highest BCUT2D eigenvalue weighted by molar-refractivity contribution is 14.1. The van der Waals surface area contributed by atoms with Crippen LogP contribution in [0.4, 0.5) is 0 Å². The lowest BCUT2D eigenvalue weighted by atomic mass is 10.0. The molecule has 0 saturated heterocycles. The molecule has 0 fully saturated rings. The van der Waals surface area contributed by atoms with Gasteiger partial charge in [-0.1, -0.05) is 24.3 Å². The minimum absolute atomic E-state index is 0.0807. The third-order valence-corrected chi connectivity index (χ3v) is 2.88. The van der Waals surface area contributed by atoms with Gasteiger partial charge in [-0.3, -0.25) is 4.79 Å². The zero-order chi connectivity index (χ0) is 10.8. The standard InChI is InChI=1S/C12H9IO2/c13-10-5-8-3-1-2-4-11(8)9(6-10)7-12(14)15/h1-6H,7H2,(H,14,15). The molecule has 2 rings (SSSR count). The van der Waals surface area contributed by atoms with Crippen molar-refractivity contribution in [2.75, 3.05) is 0 Å². The lowest BCUT2D eigenvalue weighted by Crippen LogP contribution is -2.01. The van der Waals surface area contributed by atoms with Gasteiger partial charge in [-0.25, -0.2) is 0 Å². The largest absolute Gasteiger partial charge is 0.481 e. The fourth-order valence-corrected chi connectivity index (χ4v) is 2.37. The number of hydrogen-bond donors (Lipinski definition) is 1. The number of fused-ring (bicyclic) bond motifs is 1. The molecule has 0 atom stereocenters. The van der Waals surface area contributed by atoms with E-state index in [9.17, 15) is 4.79 Å². The van der Waals surface area contributed by atoms with Gasteiger partial charge in [0.1, 0.15) is 0 Å².